The lowest BCUT2D eigenvalue weighted by Gasteiger charge is -2.27. The maximum absolute atomic E-state index is 5.46. The van der Waals surface area contributed by atoms with E-state index in [1.54, 1.807) is 0 Å². The second-order valence-electron chi connectivity index (χ2n) is 5.53. The molecular weight excluding hydrogens is 228 g/mol. The summed E-state index contributed by atoms with van der Waals surface area (Å²) in [6.07, 6.45) is 6.27. The average Bonchev–Trinajstić information content (AvgIpc) is 2.90. The van der Waals surface area contributed by atoms with Crippen LogP contribution in [0.15, 0.2) is 4.52 Å². The number of hydrogen-bond donors (Lipinski definition) is 1. The summed E-state index contributed by atoms with van der Waals surface area (Å²) >= 11 is 0. The summed E-state index contributed by atoms with van der Waals surface area (Å²) in [6.45, 7) is 5.43. The molecule has 18 heavy (non-hydrogen) atoms. The first-order chi connectivity index (χ1) is 8.84. The van der Waals surface area contributed by atoms with Gasteiger partial charge in [-0.25, -0.2) is 0 Å². The zero-order chi connectivity index (χ0) is 12.4. The minimum atomic E-state index is 0.241. The molecule has 2 aliphatic rings. The molecule has 1 aromatic rings. The Kier molecular flexibility index (Phi) is 3.50. The number of nitrogens with zero attached hydrogens (tertiary/aromatic N) is 3. The fourth-order valence-electron chi connectivity index (χ4n) is 2.96. The zero-order valence-electron chi connectivity index (χ0n) is 11.1. The van der Waals surface area contributed by atoms with Crippen molar-refractivity contribution in [2.75, 3.05) is 24.5 Å². The smallest absolute Gasteiger partial charge is 0.266 e. The van der Waals surface area contributed by atoms with Crippen LogP contribution in [0.3, 0.4) is 0 Å². The Hall–Kier alpha value is -1.10. The minimum Gasteiger partial charge on any atom is -0.338 e. The van der Waals surface area contributed by atoms with Gasteiger partial charge >= 0.3 is 0 Å². The van der Waals surface area contributed by atoms with E-state index in [0.29, 0.717) is 5.92 Å². The van der Waals surface area contributed by atoms with Gasteiger partial charge in [0.1, 0.15) is 0 Å². The van der Waals surface area contributed by atoms with Gasteiger partial charge in [-0.15, -0.1) is 0 Å². The molecule has 5 heteroatoms. The fourth-order valence-corrected chi connectivity index (χ4v) is 2.96. The second-order valence-corrected chi connectivity index (χ2v) is 5.53. The summed E-state index contributed by atoms with van der Waals surface area (Å²) in [4.78, 5) is 6.83. The van der Waals surface area contributed by atoms with Crippen molar-refractivity contribution in [3.63, 3.8) is 0 Å². The van der Waals surface area contributed by atoms with E-state index in [1.165, 1.54) is 32.1 Å². The first kappa shape index (κ1) is 12.0. The van der Waals surface area contributed by atoms with Gasteiger partial charge in [-0.3, -0.25) is 0 Å². The molecule has 2 fully saturated rings. The maximum atomic E-state index is 5.46. The standard InChI is InChI=1S/C13H22N4O/c1-10-6-5-7-14-11(10)12-15-13(16-18-12)17-8-3-2-4-9-17/h10-11,14H,2-9H2,1H3. The zero-order valence-corrected chi connectivity index (χ0v) is 11.1. The van der Waals surface area contributed by atoms with Gasteiger partial charge in [0, 0.05) is 13.1 Å². The second kappa shape index (κ2) is 5.26. The number of nitrogens with one attached hydrogen (secondary N) is 1. The van der Waals surface area contributed by atoms with Crippen molar-refractivity contribution < 1.29 is 4.52 Å². The van der Waals surface area contributed by atoms with Gasteiger partial charge in [0.25, 0.3) is 5.95 Å². The van der Waals surface area contributed by atoms with E-state index in [9.17, 15) is 0 Å². The van der Waals surface area contributed by atoms with Crippen LogP contribution in [0.4, 0.5) is 5.95 Å². The summed E-state index contributed by atoms with van der Waals surface area (Å²) < 4.78 is 5.46. The molecule has 0 radical (unpaired) electrons. The minimum absolute atomic E-state index is 0.241. The van der Waals surface area contributed by atoms with E-state index < -0.39 is 0 Å². The molecule has 0 aliphatic carbocycles. The number of rotatable bonds is 2. The van der Waals surface area contributed by atoms with Gasteiger partial charge in [0.05, 0.1) is 6.04 Å². The van der Waals surface area contributed by atoms with Gasteiger partial charge in [0.2, 0.25) is 5.89 Å². The van der Waals surface area contributed by atoms with E-state index in [-0.39, 0.29) is 6.04 Å². The first-order valence-corrected chi connectivity index (χ1v) is 7.16. The van der Waals surface area contributed by atoms with Gasteiger partial charge in [-0.1, -0.05) is 6.92 Å². The third kappa shape index (κ3) is 2.36. The van der Waals surface area contributed by atoms with Crippen LogP contribution in [0.5, 0.6) is 0 Å². The Labute approximate surface area is 108 Å². The third-order valence-electron chi connectivity index (χ3n) is 4.11. The van der Waals surface area contributed by atoms with Crippen molar-refractivity contribution in [1.29, 1.82) is 0 Å². The van der Waals surface area contributed by atoms with Crippen LogP contribution in [-0.2, 0) is 0 Å². The summed E-state index contributed by atoms with van der Waals surface area (Å²) in [6, 6.07) is 0.241. The van der Waals surface area contributed by atoms with Crippen LogP contribution in [0.1, 0.15) is 51.0 Å². The molecule has 2 unspecified atom stereocenters. The SMILES string of the molecule is CC1CCCNC1c1nc(N2CCCCC2)no1. The molecule has 0 aromatic carbocycles. The highest BCUT2D eigenvalue weighted by Gasteiger charge is 2.28. The van der Waals surface area contributed by atoms with Gasteiger partial charge in [-0.2, -0.15) is 4.98 Å². The highest BCUT2D eigenvalue weighted by Crippen LogP contribution is 2.29. The molecule has 100 valence electrons. The molecule has 0 amide bonds. The predicted octanol–water partition coefficient (Wildman–Crippen LogP) is 2.12. The van der Waals surface area contributed by atoms with E-state index in [1.807, 2.05) is 0 Å². The predicted molar refractivity (Wildman–Crippen MR) is 69.5 cm³/mol. The average molecular weight is 250 g/mol. The Balaban J connectivity index is 1.71. The van der Waals surface area contributed by atoms with Crippen LogP contribution >= 0.6 is 0 Å². The van der Waals surface area contributed by atoms with Crippen LogP contribution in [0.25, 0.3) is 0 Å². The molecular formula is C13H22N4O. The molecule has 3 rings (SSSR count). The van der Waals surface area contributed by atoms with Crippen LogP contribution in [0, 0.1) is 5.92 Å². The van der Waals surface area contributed by atoms with E-state index in [0.717, 1.165) is 31.5 Å². The van der Waals surface area contributed by atoms with Crippen molar-refractivity contribution >= 4 is 5.95 Å². The monoisotopic (exact) mass is 250 g/mol. The van der Waals surface area contributed by atoms with Crippen molar-refractivity contribution in [2.45, 2.75) is 45.1 Å². The number of piperidine rings is 2. The lowest BCUT2D eigenvalue weighted by Crippen LogP contribution is -2.33. The largest absolute Gasteiger partial charge is 0.338 e. The Bertz CT molecular complexity index is 386. The van der Waals surface area contributed by atoms with Gasteiger partial charge in [-0.05, 0) is 49.7 Å². The van der Waals surface area contributed by atoms with Gasteiger partial charge < -0.3 is 14.7 Å². The molecule has 0 spiro atoms. The molecule has 2 atom stereocenters. The highest BCUT2D eigenvalue weighted by atomic mass is 16.5. The molecule has 2 saturated heterocycles. The van der Waals surface area contributed by atoms with E-state index in [4.69, 9.17) is 4.52 Å². The Morgan fingerprint density at radius 3 is 2.83 bits per heavy atom. The maximum Gasteiger partial charge on any atom is 0.266 e. The lowest BCUT2D eigenvalue weighted by molar-refractivity contribution is 0.239. The Morgan fingerprint density at radius 1 is 1.22 bits per heavy atom. The van der Waals surface area contributed by atoms with Gasteiger partial charge in [0.15, 0.2) is 0 Å². The molecule has 2 aliphatic heterocycles. The Morgan fingerprint density at radius 2 is 2.06 bits per heavy atom. The molecule has 0 saturated carbocycles. The molecule has 1 aromatic heterocycles. The van der Waals surface area contributed by atoms with Crippen LogP contribution < -0.4 is 10.2 Å². The van der Waals surface area contributed by atoms with Crippen molar-refractivity contribution in [1.82, 2.24) is 15.5 Å². The van der Waals surface area contributed by atoms with Crippen molar-refractivity contribution in [3.8, 4) is 0 Å². The van der Waals surface area contributed by atoms with Crippen molar-refractivity contribution in [3.05, 3.63) is 5.89 Å². The fraction of sp³-hybridized carbons (Fsp3) is 0.846. The van der Waals surface area contributed by atoms with E-state index >= 15 is 0 Å². The van der Waals surface area contributed by atoms with Crippen molar-refractivity contribution in [2.24, 2.45) is 5.92 Å². The summed E-state index contributed by atoms with van der Waals surface area (Å²) in [5, 5.41) is 7.64. The number of anilines is 1. The van der Waals surface area contributed by atoms with E-state index in [2.05, 4.69) is 27.3 Å². The summed E-state index contributed by atoms with van der Waals surface area (Å²) in [5.74, 6) is 2.13. The number of hydrogen-bond acceptors (Lipinski definition) is 5. The molecule has 1 N–H and O–H groups in total. The van der Waals surface area contributed by atoms with Crippen LogP contribution in [-0.4, -0.2) is 29.8 Å². The topological polar surface area (TPSA) is 54.2 Å². The summed E-state index contributed by atoms with van der Waals surface area (Å²) in [5.41, 5.74) is 0. The molecule has 3 heterocycles. The normalized spacial score (nSPS) is 29.5. The quantitative estimate of drug-likeness (QED) is 0.871. The van der Waals surface area contributed by atoms with Crippen LogP contribution in [0.2, 0.25) is 0 Å². The molecule has 5 nitrogen and oxygen atoms in total. The number of aromatic nitrogens is 2. The highest BCUT2D eigenvalue weighted by molar-refractivity contribution is 5.28. The molecule has 0 bridgehead atoms. The third-order valence-corrected chi connectivity index (χ3v) is 4.11. The summed E-state index contributed by atoms with van der Waals surface area (Å²) in [7, 11) is 0. The first-order valence-electron chi connectivity index (χ1n) is 7.16. The lowest BCUT2D eigenvalue weighted by atomic mass is 9.93.